The largest absolute Gasteiger partial charge is 0.465 e. The van der Waals surface area contributed by atoms with Crippen molar-refractivity contribution in [2.45, 2.75) is 13.8 Å². The predicted octanol–water partition coefficient (Wildman–Crippen LogP) is 2.97. The van der Waals surface area contributed by atoms with Crippen molar-refractivity contribution in [3.63, 3.8) is 0 Å². The molecule has 0 aliphatic carbocycles. The highest BCUT2D eigenvalue weighted by molar-refractivity contribution is 6.31. The molecule has 0 fully saturated rings. The minimum absolute atomic E-state index is 0.0999. The third kappa shape index (κ3) is 2.61. The normalized spacial score (nSPS) is 10.3. The molecule has 0 saturated carbocycles. The summed E-state index contributed by atoms with van der Waals surface area (Å²) in [4.78, 5) is 23.3. The summed E-state index contributed by atoms with van der Waals surface area (Å²) in [6.07, 6.45) is 0. The maximum atomic E-state index is 11.8. The highest BCUT2D eigenvalue weighted by atomic mass is 35.5. The first-order chi connectivity index (χ1) is 7.47. The van der Waals surface area contributed by atoms with Crippen LogP contribution in [-0.4, -0.2) is 18.9 Å². The molecule has 1 rings (SSSR count). The molecule has 1 aromatic rings. The molecule has 0 unspecified atom stereocenters. The fraction of sp³-hybridized carbons (Fsp3) is 0.333. The number of carbonyl (C=O) groups excluding carboxylic acids is 2. The van der Waals surface area contributed by atoms with E-state index in [0.29, 0.717) is 10.6 Å². The number of halogens is 1. The maximum absolute atomic E-state index is 11.8. The van der Waals surface area contributed by atoms with E-state index in [1.165, 1.54) is 13.2 Å². The Balaban J connectivity index is 3.28. The minimum Gasteiger partial charge on any atom is -0.465 e. The van der Waals surface area contributed by atoms with Gasteiger partial charge in [-0.05, 0) is 18.2 Å². The van der Waals surface area contributed by atoms with E-state index in [-0.39, 0.29) is 17.3 Å². The Hall–Kier alpha value is -1.35. The molecule has 3 nitrogen and oxygen atoms in total. The summed E-state index contributed by atoms with van der Waals surface area (Å²) in [5.74, 6) is -0.826. The molecule has 0 saturated heterocycles. The maximum Gasteiger partial charge on any atom is 0.338 e. The Labute approximate surface area is 99.4 Å². The van der Waals surface area contributed by atoms with Gasteiger partial charge in [0.2, 0.25) is 0 Å². The third-order valence-electron chi connectivity index (χ3n) is 2.18. The van der Waals surface area contributed by atoms with Gasteiger partial charge >= 0.3 is 5.97 Å². The molecule has 4 heteroatoms. The fourth-order valence-corrected chi connectivity index (χ4v) is 1.49. The van der Waals surface area contributed by atoms with Crippen LogP contribution in [0.25, 0.3) is 0 Å². The summed E-state index contributed by atoms with van der Waals surface area (Å²) in [6, 6.07) is 4.59. The topological polar surface area (TPSA) is 43.4 Å². The fourth-order valence-electron chi connectivity index (χ4n) is 1.32. The quantitative estimate of drug-likeness (QED) is 0.603. The number of esters is 1. The van der Waals surface area contributed by atoms with E-state index in [0.717, 1.165) is 0 Å². The molecule has 0 atom stereocenters. The van der Waals surface area contributed by atoms with Crippen LogP contribution in [0.3, 0.4) is 0 Å². The van der Waals surface area contributed by atoms with Crippen LogP contribution in [0.4, 0.5) is 0 Å². The Morgan fingerprint density at radius 1 is 1.25 bits per heavy atom. The highest BCUT2D eigenvalue weighted by Crippen LogP contribution is 2.20. The smallest absolute Gasteiger partial charge is 0.338 e. The first-order valence-electron chi connectivity index (χ1n) is 4.89. The Morgan fingerprint density at radius 3 is 2.38 bits per heavy atom. The standard InChI is InChI=1S/C12H13ClO3/c1-7(2)11(14)9-5-4-8(13)6-10(9)12(15)16-3/h4-7H,1-3H3. The number of Topliss-reactive ketones (excluding diaryl/α,β-unsaturated/α-hetero) is 1. The lowest BCUT2D eigenvalue weighted by Gasteiger charge is -2.09. The van der Waals surface area contributed by atoms with Crippen LogP contribution >= 0.6 is 11.6 Å². The highest BCUT2D eigenvalue weighted by Gasteiger charge is 2.19. The number of hydrogen-bond donors (Lipinski definition) is 0. The van der Waals surface area contributed by atoms with Gasteiger partial charge in [0.25, 0.3) is 0 Å². The lowest BCUT2D eigenvalue weighted by Crippen LogP contribution is -2.14. The molecular formula is C12H13ClO3. The predicted molar refractivity (Wildman–Crippen MR) is 62.0 cm³/mol. The molecular weight excluding hydrogens is 228 g/mol. The van der Waals surface area contributed by atoms with Crippen LogP contribution in [0.2, 0.25) is 5.02 Å². The van der Waals surface area contributed by atoms with E-state index in [9.17, 15) is 9.59 Å². The van der Waals surface area contributed by atoms with Gasteiger partial charge in [-0.15, -0.1) is 0 Å². The zero-order valence-corrected chi connectivity index (χ0v) is 10.2. The summed E-state index contributed by atoms with van der Waals surface area (Å²) in [5, 5.41) is 0.403. The van der Waals surface area contributed by atoms with Crippen LogP contribution < -0.4 is 0 Å². The van der Waals surface area contributed by atoms with Gasteiger partial charge in [-0.1, -0.05) is 25.4 Å². The molecule has 0 aliphatic rings. The molecule has 16 heavy (non-hydrogen) atoms. The number of carbonyl (C=O) groups is 2. The number of methoxy groups -OCH3 is 1. The second-order valence-corrected chi connectivity index (χ2v) is 4.14. The molecule has 0 amide bonds. The van der Waals surface area contributed by atoms with Crippen LogP contribution in [-0.2, 0) is 4.74 Å². The van der Waals surface area contributed by atoms with Crippen LogP contribution in [0, 0.1) is 5.92 Å². The van der Waals surface area contributed by atoms with Crippen molar-refractivity contribution >= 4 is 23.4 Å². The summed E-state index contributed by atoms with van der Waals surface area (Å²) >= 11 is 5.78. The van der Waals surface area contributed by atoms with Gasteiger partial charge in [0.15, 0.2) is 5.78 Å². The zero-order chi connectivity index (χ0) is 12.3. The van der Waals surface area contributed by atoms with Crippen molar-refractivity contribution in [2.24, 2.45) is 5.92 Å². The van der Waals surface area contributed by atoms with Crippen molar-refractivity contribution in [3.05, 3.63) is 34.3 Å². The first kappa shape index (κ1) is 12.7. The van der Waals surface area contributed by atoms with Crippen molar-refractivity contribution in [2.75, 3.05) is 7.11 Å². The number of rotatable bonds is 3. The Morgan fingerprint density at radius 2 is 1.88 bits per heavy atom. The third-order valence-corrected chi connectivity index (χ3v) is 2.41. The molecule has 0 aliphatic heterocycles. The molecule has 0 N–H and O–H groups in total. The number of hydrogen-bond acceptors (Lipinski definition) is 3. The van der Waals surface area contributed by atoms with E-state index in [1.54, 1.807) is 26.0 Å². The van der Waals surface area contributed by atoms with Gasteiger partial charge in [-0.3, -0.25) is 4.79 Å². The molecule has 0 radical (unpaired) electrons. The second kappa shape index (κ2) is 5.12. The van der Waals surface area contributed by atoms with Crippen LogP contribution in [0.5, 0.6) is 0 Å². The number of ketones is 1. The van der Waals surface area contributed by atoms with Crippen molar-refractivity contribution < 1.29 is 14.3 Å². The summed E-state index contributed by atoms with van der Waals surface area (Å²) in [5.41, 5.74) is 0.569. The molecule has 0 aromatic heterocycles. The van der Waals surface area contributed by atoms with E-state index >= 15 is 0 Å². The van der Waals surface area contributed by atoms with Crippen molar-refractivity contribution in [1.82, 2.24) is 0 Å². The molecule has 0 bridgehead atoms. The summed E-state index contributed by atoms with van der Waals surface area (Å²) in [6.45, 7) is 3.55. The van der Waals surface area contributed by atoms with Gasteiger partial charge in [-0.25, -0.2) is 4.79 Å². The molecule has 0 heterocycles. The van der Waals surface area contributed by atoms with Crippen LogP contribution in [0.15, 0.2) is 18.2 Å². The van der Waals surface area contributed by atoms with E-state index in [2.05, 4.69) is 4.74 Å². The van der Waals surface area contributed by atoms with E-state index in [4.69, 9.17) is 11.6 Å². The molecule has 86 valence electrons. The van der Waals surface area contributed by atoms with Gasteiger partial charge in [-0.2, -0.15) is 0 Å². The monoisotopic (exact) mass is 240 g/mol. The van der Waals surface area contributed by atoms with Crippen molar-refractivity contribution in [1.29, 1.82) is 0 Å². The number of ether oxygens (including phenoxy) is 1. The second-order valence-electron chi connectivity index (χ2n) is 3.70. The van der Waals surface area contributed by atoms with E-state index in [1.807, 2.05) is 0 Å². The van der Waals surface area contributed by atoms with Gasteiger partial charge in [0, 0.05) is 16.5 Å². The van der Waals surface area contributed by atoms with Gasteiger partial charge in [0.05, 0.1) is 12.7 Å². The minimum atomic E-state index is -0.550. The Bertz CT molecular complexity index is 424. The lowest BCUT2D eigenvalue weighted by atomic mass is 9.96. The van der Waals surface area contributed by atoms with Gasteiger partial charge in [0.1, 0.15) is 0 Å². The first-order valence-corrected chi connectivity index (χ1v) is 5.27. The molecule has 0 spiro atoms. The zero-order valence-electron chi connectivity index (χ0n) is 9.41. The summed E-state index contributed by atoms with van der Waals surface area (Å²) < 4.78 is 4.61. The summed E-state index contributed by atoms with van der Waals surface area (Å²) in [7, 11) is 1.27. The Kier molecular flexibility index (Phi) is 4.07. The average Bonchev–Trinajstić information content (AvgIpc) is 2.26. The van der Waals surface area contributed by atoms with Crippen LogP contribution in [0.1, 0.15) is 34.6 Å². The lowest BCUT2D eigenvalue weighted by molar-refractivity contribution is 0.0596. The van der Waals surface area contributed by atoms with Crippen molar-refractivity contribution in [3.8, 4) is 0 Å². The average molecular weight is 241 g/mol. The van der Waals surface area contributed by atoms with E-state index < -0.39 is 5.97 Å². The number of benzene rings is 1. The SMILES string of the molecule is COC(=O)c1cc(Cl)ccc1C(=O)C(C)C. The molecule has 1 aromatic carbocycles. The van der Waals surface area contributed by atoms with Gasteiger partial charge < -0.3 is 4.74 Å².